The van der Waals surface area contributed by atoms with E-state index in [4.69, 9.17) is 5.73 Å². The van der Waals surface area contributed by atoms with E-state index in [-0.39, 0.29) is 0 Å². The van der Waals surface area contributed by atoms with Crippen molar-refractivity contribution in [1.82, 2.24) is 0 Å². The Balaban J connectivity index is 2.82. The summed E-state index contributed by atoms with van der Waals surface area (Å²) in [5.41, 5.74) is 6.00. The third-order valence-electron chi connectivity index (χ3n) is 0.733. The van der Waals surface area contributed by atoms with Gasteiger partial charge in [0.05, 0.1) is 18.2 Å². The minimum Gasteiger partial charge on any atom is -0.369 e. The van der Waals surface area contributed by atoms with Crippen molar-refractivity contribution >= 4 is 0 Å². The Morgan fingerprint density at radius 3 is 2.57 bits per heavy atom. The first-order valence-electron chi connectivity index (χ1n) is 2.12. The van der Waals surface area contributed by atoms with E-state index < -0.39 is 0 Å². The van der Waals surface area contributed by atoms with Crippen molar-refractivity contribution in [3.63, 3.8) is 0 Å². The highest BCUT2D eigenvalue weighted by Gasteiger charge is 1.91. The summed E-state index contributed by atoms with van der Waals surface area (Å²) < 4.78 is 0. The molecule has 1 rings (SSSR count). The molecule has 0 saturated heterocycles. The van der Waals surface area contributed by atoms with Gasteiger partial charge in [-0.15, -0.1) is 0 Å². The van der Waals surface area contributed by atoms with E-state index in [0.29, 0.717) is 5.70 Å². The molecular weight excluding hydrogens is 86.1 g/mol. The molecule has 0 aromatic rings. The number of allylic oxidation sites excluding steroid dienone is 5. The molecule has 0 amide bonds. The van der Waals surface area contributed by atoms with Gasteiger partial charge in [0.2, 0.25) is 0 Å². The van der Waals surface area contributed by atoms with Gasteiger partial charge in [-0.3, -0.25) is 0 Å². The van der Waals surface area contributed by atoms with Crippen molar-refractivity contribution in [1.29, 1.82) is 0 Å². The third kappa shape index (κ3) is 0.881. The van der Waals surface area contributed by atoms with Crippen LogP contribution in [0.3, 0.4) is 0 Å². The second-order valence-corrected chi connectivity index (χ2v) is 1.32. The average Bonchev–Trinajstić information content (AvgIpc) is 1.69. The van der Waals surface area contributed by atoms with Gasteiger partial charge in [-0.05, 0) is 0 Å². The van der Waals surface area contributed by atoms with Crippen LogP contribution in [0.2, 0.25) is 0 Å². The van der Waals surface area contributed by atoms with Gasteiger partial charge >= 0.3 is 0 Å². The molecule has 1 aliphatic carbocycles. The van der Waals surface area contributed by atoms with Gasteiger partial charge in [-0.2, -0.15) is 0 Å². The van der Waals surface area contributed by atoms with Crippen molar-refractivity contribution in [3.05, 3.63) is 36.1 Å². The monoisotopic (exact) mass is 92.0 g/mol. The molecule has 34 valence electrons. The van der Waals surface area contributed by atoms with E-state index in [2.05, 4.69) is 6.08 Å². The molecule has 0 aromatic heterocycles. The van der Waals surface area contributed by atoms with E-state index in [1.54, 1.807) is 12.2 Å². The predicted octanol–water partition coefficient (Wildman–Crippen LogP) is 0.758. The number of hydrogen-bond donors (Lipinski definition) is 1. The van der Waals surface area contributed by atoms with E-state index in [1.807, 2.05) is 12.2 Å². The molecule has 0 aliphatic heterocycles. The van der Waals surface area contributed by atoms with Gasteiger partial charge in [0.15, 0.2) is 5.70 Å². The maximum absolute atomic E-state index is 5.30. The van der Waals surface area contributed by atoms with Gasteiger partial charge in [0, 0.05) is 6.08 Å². The fourth-order valence-electron chi connectivity index (χ4n) is 0.407. The molecule has 1 heteroatoms. The van der Waals surface area contributed by atoms with Crippen LogP contribution in [-0.4, -0.2) is 0 Å². The minimum absolute atomic E-state index is 0.697. The van der Waals surface area contributed by atoms with Gasteiger partial charge < -0.3 is 5.73 Å². The Hall–Kier alpha value is -1.07. The largest absolute Gasteiger partial charge is 0.369 e. The van der Waals surface area contributed by atoms with Crippen LogP contribution in [-0.2, 0) is 0 Å². The highest BCUT2D eigenvalue weighted by molar-refractivity contribution is 5.25. The molecule has 0 heterocycles. The summed E-state index contributed by atoms with van der Waals surface area (Å²) in [6.07, 6.45) is 10.2. The van der Waals surface area contributed by atoms with Crippen molar-refractivity contribution in [2.45, 2.75) is 0 Å². The van der Waals surface area contributed by atoms with Crippen LogP contribution in [0.15, 0.2) is 30.0 Å². The third-order valence-corrected chi connectivity index (χ3v) is 0.733. The summed E-state index contributed by atoms with van der Waals surface area (Å²) in [5.74, 6) is 0. The average molecular weight is 92.1 g/mol. The molecule has 7 heavy (non-hydrogen) atoms. The van der Waals surface area contributed by atoms with Gasteiger partial charge in [-0.25, -0.2) is 0 Å². The lowest BCUT2D eigenvalue weighted by atomic mass is 10.3. The van der Waals surface area contributed by atoms with Gasteiger partial charge in [0.25, 0.3) is 0 Å². The van der Waals surface area contributed by atoms with E-state index in [0.717, 1.165) is 0 Å². The maximum atomic E-state index is 5.30. The van der Waals surface area contributed by atoms with Gasteiger partial charge in [-0.1, -0.05) is 0 Å². The summed E-state index contributed by atoms with van der Waals surface area (Å²) >= 11 is 0. The summed E-state index contributed by atoms with van der Waals surface area (Å²) in [7, 11) is 0. The summed E-state index contributed by atoms with van der Waals surface area (Å²) in [6, 6.07) is 0. The highest BCUT2D eigenvalue weighted by atomic mass is 14.5. The Morgan fingerprint density at radius 1 is 1.43 bits per heavy atom. The summed E-state index contributed by atoms with van der Waals surface area (Å²) in [6.45, 7) is 0. The zero-order valence-electron chi connectivity index (χ0n) is 3.89. The zero-order valence-corrected chi connectivity index (χ0v) is 3.89. The quantitative estimate of drug-likeness (QED) is 0.438. The van der Waals surface area contributed by atoms with E-state index >= 15 is 0 Å². The molecule has 0 fully saturated rings. The molecule has 0 spiro atoms. The van der Waals surface area contributed by atoms with Gasteiger partial charge in [0.1, 0.15) is 6.08 Å². The molecule has 0 aromatic carbocycles. The SMILES string of the molecule is NC1=CC=CC=[C+]1. The number of rotatable bonds is 0. The van der Waals surface area contributed by atoms with Crippen LogP contribution < -0.4 is 5.73 Å². The van der Waals surface area contributed by atoms with Crippen LogP contribution in [0.4, 0.5) is 0 Å². The Morgan fingerprint density at radius 2 is 2.29 bits per heavy atom. The lowest BCUT2D eigenvalue weighted by molar-refractivity contribution is 1.38. The first-order chi connectivity index (χ1) is 3.39. The fourth-order valence-corrected chi connectivity index (χ4v) is 0.407. The molecule has 1 aliphatic rings. The molecule has 0 atom stereocenters. The standard InChI is InChI=1S/C6H6N/c7-6-4-2-1-3-5-6/h1-4H,7H2/q+1. The van der Waals surface area contributed by atoms with Crippen molar-refractivity contribution in [2.24, 2.45) is 5.73 Å². The van der Waals surface area contributed by atoms with Crippen LogP contribution in [0, 0.1) is 6.08 Å². The lowest BCUT2D eigenvalue weighted by Gasteiger charge is -1.78. The predicted molar refractivity (Wildman–Crippen MR) is 29.2 cm³/mol. The summed E-state index contributed by atoms with van der Waals surface area (Å²) in [4.78, 5) is 0. The van der Waals surface area contributed by atoms with Crippen LogP contribution in [0.5, 0.6) is 0 Å². The van der Waals surface area contributed by atoms with Crippen LogP contribution >= 0.6 is 0 Å². The van der Waals surface area contributed by atoms with Crippen molar-refractivity contribution in [2.75, 3.05) is 0 Å². The Bertz CT molecular complexity index is 140. The second-order valence-electron chi connectivity index (χ2n) is 1.32. The first kappa shape index (κ1) is 4.10. The lowest BCUT2D eigenvalue weighted by Crippen LogP contribution is -1.92. The van der Waals surface area contributed by atoms with E-state index in [1.165, 1.54) is 0 Å². The zero-order chi connectivity index (χ0) is 5.11. The fraction of sp³-hybridized carbons (Fsp3) is 0. The first-order valence-corrected chi connectivity index (χ1v) is 2.12. The molecule has 2 N–H and O–H groups in total. The molecule has 0 radical (unpaired) electrons. The van der Waals surface area contributed by atoms with Crippen LogP contribution in [0.25, 0.3) is 0 Å². The highest BCUT2D eigenvalue weighted by Crippen LogP contribution is 1.92. The smallest absolute Gasteiger partial charge is 0.200 e. The van der Waals surface area contributed by atoms with Crippen molar-refractivity contribution < 1.29 is 0 Å². The number of nitrogens with two attached hydrogens (primary N) is 1. The molecule has 1 nitrogen and oxygen atoms in total. The summed E-state index contributed by atoms with van der Waals surface area (Å²) in [5, 5.41) is 0. The van der Waals surface area contributed by atoms with Crippen LogP contribution in [0.1, 0.15) is 0 Å². The molecule has 0 bridgehead atoms. The minimum atomic E-state index is 0.697. The Kier molecular flexibility index (Phi) is 0.928. The topological polar surface area (TPSA) is 26.0 Å². The molecular formula is C6H6N+. The Labute approximate surface area is 42.8 Å². The second kappa shape index (κ2) is 1.59. The normalized spacial score (nSPS) is 15.7. The number of hydrogen-bond acceptors (Lipinski definition) is 1. The van der Waals surface area contributed by atoms with Crippen molar-refractivity contribution in [3.8, 4) is 0 Å². The maximum Gasteiger partial charge on any atom is 0.200 e. The molecule has 0 unspecified atom stereocenters. The van der Waals surface area contributed by atoms with E-state index in [9.17, 15) is 0 Å². The molecule has 0 saturated carbocycles.